The molecule has 132 valence electrons. The van der Waals surface area contributed by atoms with Crippen LogP contribution in [0.5, 0.6) is 5.75 Å². The molecule has 1 aliphatic heterocycles. The lowest BCUT2D eigenvalue weighted by molar-refractivity contribution is -0.128. The molecule has 0 spiro atoms. The Morgan fingerprint density at radius 1 is 1.24 bits per heavy atom. The average Bonchev–Trinajstić information content (AvgIpc) is 2.67. The van der Waals surface area contributed by atoms with E-state index in [0.717, 1.165) is 36.6 Å². The molecule has 3 rings (SSSR count). The van der Waals surface area contributed by atoms with E-state index in [1.54, 1.807) is 6.20 Å². The lowest BCUT2D eigenvalue weighted by atomic mass is 10.0. The molecule has 0 saturated heterocycles. The third-order valence-corrected chi connectivity index (χ3v) is 4.59. The first-order valence-electron chi connectivity index (χ1n) is 8.94. The minimum Gasteiger partial charge on any atom is -0.480 e. The maximum atomic E-state index is 12.5. The summed E-state index contributed by atoms with van der Waals surface area (Å²) in [5.41, 5.74) is 2.19. The van der Waals surface area contributed by atoms with E-state index in [1.165, 1.54) is 5.56 Å². The predicted molar refractivity (Wildman–Crippen MR) is 98.8 cm³/mol. The van der Waals surface area contributed by atoms with Gasteiger partial charge < -0.3 is 15.0 Å². The van der Waals surface area contributed by atoms with Crippen LogP contribution in [0.25, 0.3) is 0 Å². The summed E-state index contributed by atoms with van der Waals surface area (Å²) in [6, 6.07) is 11.8. The fraction of sp³-hybridized carbons (Fsp3) is 0.400. The van der Waals surface area contributed by atoms with E-state index in [1.807, 2.05) is 30.3 Å². The zero-order valence-corrected chi connectivity index (χ0v) is 14.9. The van der Waals surface area contributed by atoms with Crippen LogP contribution in [0.3, 0.4) is 0 Å². The molecular formula is C20H25N3O2. The Morgan fingerprint density at radius 2 is 2.04 bits per heavy atom. The molecule has 0 fully saturated rings. The van der Waals surface area contributed by atoms with Crippen molar-refractivity contribution in [1.29, 1.82) is 0 Å². The van der Waals surface area contributed by atoms with Crippen LogP contribution in [0, 0.1) is 0 Å². The molecule has 5 nitrogen and oxygen atoms in total. The van der Waals surface area contributed by atoms with Gasteiger partial charge in [0.1, 0.15) is 11.6 Å². The normalized spacial score (nSPS) is 15.8. The number of ether oxygens (including phenoxy) is 1. The second-order valence-electron chi connectivity index (χ2n) is 6.13. The number of fused-ring (bicyclic) bond motifs is 1. The van der Waals surface area contributed by atoms with Gasteiger partial charge in [-0.3, -0.25) is 4.79 Å². The Labute approximate surface area is 149 Å². The number of carbonyl (C=O) groups is 1. The molecule has 1 amide bonds. The molecule has 1 aliphatic rings. The van der Waals surface area contributed by atoms with Gasteiger partial charge in [0.15, 0.2) is 6.10 Å². The quantitative estimate of drug-likeness (QED) is 0.879. The summed E-state index contributed by atoms with van der Waals surface area (Å²) in [6.07, 6.45) is 2.94. The van der Waals surface area contributed by atoms with Gasteiger partial charge in [0.2, 0.25) is 0 Å². The highest BCUT2D eigenvalue weighted by atomic mass is 16.5. The van der Waals surface area contributed by atoms with Gasteiger partial charge in [-0.05, 0) is 44.4 Å². The van der Waals surface area contributed by atoms with Crippen molar-refractivity contribution < 1.29 is 9.53 Å². The molecule has 1 aromatic carbocycles. The number of anilines is 1. The Kier molecular flexibility index (Phi) is 5.53. The first-order chi connectivity index (χ1) is 12.2. The van der Waals surface area contributed by atoms with Gasteiger partial charge in [0, 0.05) is 31.4 Å². The SMILES string of the molecule is CCN(CC)c1ncccc1CNC(=O)[C@H]1CCc2ccccc2O1. The van der Waals surface area contributed by atoms with Crippen LogP contribution in [0.1, 0.15) is 31.4 Å². The zero-order valence-electron chi connectivity index (χ0n) is 14.9. The highest BCUT2D eigenvalue weighted by molar-refractivity contribution is 5.81. The molecule has 1 N–H and O–H groups in total. The molecular weight excluding hydrogens is 314 g/mol. The van der Waals surface area contributed by atoms with E-state index in [4.69, 9.17) is 4.74 Å². The molecule has 0 aliphatic carbocycles. The number of benzene rings is 1. The lowest BCUT2D eigenvalue weighted by Crippen LogP contribution is -2.40. The largest absolute Gasteiger partial charge is 0.480 e. The summed E-state index contributed by atoms with van der Waals surface area (Å²) in [5, 5.41) is 3.01. The molecule has 0 unspecified atom stereocenters. The summed E-state index contributed by atoms with van der Waals surface area (Å²) in [6.45, 7) is 6.44. The number of para-hydroxylation sites is 1. The summed E-state index contributed by atoms with van der Waals surface area (Å²) < 4.78 is 5.86. The molecule has 1 atom stereocenters. The van der Waals surface area contributed by atoms with Crippen molar-refractivity contribution in [3.63, 3.8) is 0 Å². The first-order valence-corrected chi connectivity index (χ1v) is 8.94. The Bertz CT molecular complexity index is 728. The van der Waals surface area contributed by atoms with Crippen LogP contribution >= 0.6 is 0 Å². The third kappa shape index (κ3) is 3.92. The summed E-state index contributed by atoms with van der Waals surface area (Å²) in [4.78, 5) is 19.2. The van der Waals surface area contributed by atoms with Gasteiger partial charge in [-0.2, -0.15) is 0 Å². The van der Waals surface area contributed by atoms with Crippen molar-refractivity contribution >= 4 is 11.7 Å². The van der Waals surface area contributed by atoms with Gasteiger partial charge in [-0.1, -0.05) is 24.3 Å². The molecule has 2 heterocycles. The van der Waals surface area contributed by atoms with Crippen LogP contribution in [0.2, 0.25) is 0 Å². The van der Waals surface area contributed by atoms with Gasteiger partial charge in [-0.15, -0.1) is 0 Å². The second-order valence-corrected chi connectivity index (χ2v) is 6.13. The van der Waals surface area contributed by atoms with Crippen LogP contribution in [0.15, 0.2) is 42.6 Å². The van der Waals surface area contributed by atoms with Crippen molar-refractivity contribution in [1.82, 2.24) is 10.3 Å². The van der Waals surface area contributed by atoms with Crippen molar-refractivity contribution in [2.45, 2.75) is 39.3 Å². The number of nitrogens with zero attached hydrogens (tertiary/aromatic N) is 2. The Morgan fingerprint density at radius 3 is 2.84 bits per heavy atom. The van der Waals surface area contributed by atoms with Gasteiger partial charge in [0.25, 0.3) is 5.91 Å². The number of nitrogens with one attached hydrogen (secondary N) is 1. The van der Waals surface area contributed by atoms with Crippen LogP contribution in [-0.2, 0) is 17.8 Å². The van der Waals surface area contributed by atoms with E-state index in [0.29, 0.717) is 13.0 Å². The first kappa shape index (κ1) is 17.3. The maximum Gasteiger partial charge on any atom is 0.261 e. The monoisotopic (exact) mass is 339 g/mol. The van der Waals surface area contributed by atoms with Crippen LogP contribution in [-0.4, -0.2) is 30.1 Å². The van der Waals surface area contributed by atoms with Gasteiger partial charge in [0.05, 0.1) is 0 Å². The number of hydrogen-bond acceptors (Lipinski definition) is 4. The van der Waals surface area contributed by atoms with Crippen molar-refractivity contribution in [3.8, 4) is 5.75 Å². The highest BCUT2D eigenvalue weighted by Gasteiger charge is 2.25. The number of carbonyl (C=O) groups excluding carboxylic acids is 1. The smallest absolute Gasteiger partial charge is 0.261 e. The molecule has 0 bridgehead atoms. The van der Waals surface area contributed by atoms with E-state index in [-0.39, 0.29) is 5.91 Å². The van der Waals surface area contributed by atoms with Crippen molar-refractivity contribution in [2.75, 3.05) is 18.0 Å². The highest BCUT2D eigenvalue weighted by Crippen LogP contribution is 2.27. The number of hydrogen-bond donors (Lipinski definition) is 1. The Hall–Kier alpha value is -2.56. The molecule has 25 heavy (non-hydrogen) atoms. The number of rotatable bonds is 6. The maximum absolute atomic E-state index is 12.5. The fourth-order valence-corrected chi connectivity index (χ4v) is 3.18. The fourth-order valence-electron chi connectivity index (χ4n) is 3.18. The zero-order chi connectivity index (χ0) is 17.6. The lowest BCUT2D eigenvalue weighted by Gasteiger charge is -2.26. The Balaban J connectivity index is 1.64. The average molecular weight is 339 g/mol. The third-order valence-electron chi connectivity index (χ3n) is 4.59. The van der Waals surface area contributed by atoms with Crippen LogP contribution in [0.4, 0.5) is 5.82 Å². The standard InChI is InChI=1S/C20H25N3O2/c1-3-23(4-2)19-16(9-7-13-21-19)14-22-20(24)18-12-11-15-8-5-6-10-17(15)25-18/h5-10,13,18H,3-4,11-12,14H2,1-2H3,(H,22,24)/t18-/m1/s1. The summed E-state index contributed by atoms with van der Waals surface area (Å²) in [7, 11) is 0. The van der Waals surface area contributed by atoms with Crippen LogP contribution < -0.4 is 15.0 Å². The van der Waals surface area contributed by atoms with Gasteiger partial charge in [-0.25, -0.2) is 4.98 Å². The molecule has 1 aromatic heterocycles. The summed E-state index contributed by atoms with van der Waals surface area (Å²) >= 11 is 0. The minimum atomic E-state index is -0.427. The van der Waals surface area contributed by atoms with Crippen molar-refractivity contribution in [2.24, 2.45) is 0 Å². The van der Waals surface area contributed by atoms with E-state index < -0.39 is 6.10 Å². The minimum absolute atomic E-state index is 0.0659. The predicted octanol–water partition coefficient (Wildman–Crippen LogP) is 2.94. The number of pyridine rings is 1. The topological polar surface area (TPSA) is 54.5 Å². The number of aryl methyl sites for hydroxylation is 1. The summed E-state index contributed by atoms with van der Waals surface area (Å²) in [5.74, 6) is 1.69. The molecule has 2 aromatic rings. The van der Waals surface area contributed by atoms with E-state index >= 15 is 0 Å². The molecule has 0 saturated carbocycles. The van der Waals surface area contributed by atoms with Crippen molar-refractivity contribution in [3.05, 3.63) is 53.7 Å². The van der Waals surface area contributed by atoms with E-state index in [9.17, 15) is 4.79 Å². The molecule has 0 radical (unpaired) electrons. The number of amides is 1. The second kappa shape index (κ2) is 8.01. The number of aromatic nitrogens is 1. The molecule has 5 heteroatoms. The van der Waals surface area contributed by atoms with Gasteiger partial charge >= 0.3 is 0 Å². The van der Waals surface area contributed by atoms with E-state index in [2.05, 4.69) is 35.1 Å².